The van der Waals surface area contributed by atoms with Gasteiger partial charge in [-0.05, 0) is 37.0 Å². The molecule has 0 bridgehead atoms. The molecule has 0 aromatic heterocycles. The summed E-state index contributed by atoms with van der Waals surface area (Å²) in [5.74, 6) is 0.402. The summed E-state index contributed by atoms with van der Waals surface area (Å²) < 4.78 is 19.5. The van der Waals surface area contributed by atoms with Crippen molar-refractivity contribution in [3.63, 3.8) is 0 Å². The van der Waals surface area contributed by atoms with Crippen molar-refractivity contribution >= 4 is 21.6 Å². The van der Waals surface area contributed by atoms with Crippen LogP contribution in [0.2, 0.25) is 0 Å². The van der Waals surface area contributed by atoms with Crippen molar-refractivity contribution in [3.8, 4) is 0 Å². The van der Waals surface area contributed by atoms with Crippen LogP contribution in [-0.2, 0) is 4.74 Å². The molecule has 0 aliphatic heterocycles. The average Bonchev–Trinajstić information content (AvgIpc) is 3.04. The Balaban J connectivity index is 2.05. The highest BCUT2D eigenvalue weighted by molar-refractivity contribution is 9.10. The summed E-state index contributed by atoms with van der Waals surface area (Å²) in [5, 5.41) is 3.22. The van der Waals surface area contributed by atoms with Crippen molar-refractivity contribution in [2.24, 2.45) is 5.92 Å². The molecule has 16 heavy (non-hydrogen) atoms. The minimum Gasteiger partial charge on any atom is -0.383 e. The molecule has 1 aromatic carbocycles. The Morgan fingerprint density at radius 2 is 2.31 bits per heavy atom. The van der Waals surface area contributed by atoms with E-state index in [1.165, 1.54) is 18.9 Å². The molecule has 2 rings (SSSR count). The first-order valence-electron chi connectivity index (χ1n) is 5.41. The number of nitrogens with one attached hydrogen (secondary N) is 1. The van der Waals surface area contributed by atoms with Gasteiger partial charge >= 0.3 is 0 Å². The van der Waals surface area contributed by atoms with E-state index in [0.717, 1.165) is 4.47 Å². The summed E-state index contributed by atoms with van der Waals surface area (Å²) in [5.41, 5.74) is 0.553. The number of hydrogen-bond donors (Lipinski definition) is 1. The van der Waals surface area contributed by atoms with Crippen LogP contribution in [0.25, 0.3) is 0 Å². The molecule has 0 amide bonds. The van der Waals surface area contributed by atoms with E-state index in [1.807, 2.05) is 6.07 Å². The zero-order chi connectivity index (χ0) is 11.5. The van der Waals surface area contributed by atoms with Crippen LogP contribution >= 0.6 is 15.9 Å². The zero-order valence-electron chi connectivity index (χ0n) is 9.17. The lowest BCUT2D eigenvalue weighted by molar-refractivity contribution is 0.179. The number of hydrogen-bond acceptors (Lipinski definition) is 2. The van der Waals surface area contributed by atoms with Gasteiger partial charge in [-0.25, -0.2) is 4.39 Å². The molecule has 0 heterocycles. The van der Waals surface area contributed by atoms with E-state index in [9.17, 15) is 4.39 Å². The smallest absolute Gasteiger partial charge is 0.147 e. The molecule has 0 spiro atoms. The summed E-state index contributed by atoms with van der Waals surface area (Å²) in [6.07, 6.45) is 2.42. The van der Waals surface area contributed by atoms with Crippen LogP contribution in [-0.4, -0.2) is 19.8 Å². The largest absolute Gasteiger partial charge is 0.383 e. The molecule has 4 heteroatoms. The second kappa shape index (κ2) is 5.15. The van der Waals surface area contributed by atoms with Gasteiger partial charge in [0.05, 0.1) is 18.3 Å². The Bertz CT molecular complexity index is 368. The quantitative estimate of drug-likeness (QED) is 0.896. The number of ether oxygens (including phenoxy) is 1. The highest BCUT2D eigenvalue weighted by atomic mass is 79.9. The van der Waals surface area contributed by atoms with E-state index < -0.39 is 0 Å². The lowest BCUT2D eigenvalue weighted by atomic mass is 10.2. The number of halogens is 2. The van der Waals surface area contributed by atoms with E-state index in [0.29, 0.717) is 18.2 Å². The van der Waals surface area contributed by atoms with E-state index >= 15 is 0 Å². The first-order valence-corrected chi connectivity index (χ1v) is 6.20. The molecule has 1 saturated carbocycles. The third-order valence-corrected chi connectivity index (χ3v) is 3.30. The van der Waals surface area contributed by atoms with Gasteiger partial charge in [0.2, 0.25) is 0 Å². The van der Waals surface area contributed by atoms with Gasteiger partial charge in [-0.15, -0.1) is 0 Å². The number of anilines is 1. The van der Waals surface area contributed by atoms with Gasteiger partial charge in [-0.3, -0.25) is 0 Å². The van der Waals surface area contributed by atoms with Crippen LogP contribution in [0.5, 0.6) is 0 Å². The minimum absolute atomic E-state index is 0.223. The third kappa shape index (κ3) is 2.95. The first kappa shape index (κ1) is 11.9. The van der Waals surface area contributed by atoms with Gasteiger partial charge in [0.25, 0.3) is 0 Å². The predicted molar refractivity (Wildman–Crippen MR) is 66.1 cm³/mol. The van der Waals surface area contributed by atoms with Crippen LogP contribution < -0.4 is 5.32 Å². The fraction of sp³-hybridized carbons (Fsp3) is 0.500. The topological polar surface area (TPSA) is 21.3 Å². The first-order chi connectivity index (χ1) is 7.70. The maximum Gasteiger partial charge on any atom is 0.147 e. The van der Waals surface area contributed by atoms with Crippen LogP contribution in [0.1, 0.15) is 12.8 Å². The van der Waals surface area contributed by atoms with Crippen molar-refractivity contribution in [2.45, 2.75) is 18.9 Å². The third-order valence-electron chi connectivity index (χ3n) is 2.81. The van der Waals surface area contributed by atoms with Crippen LogP contribution in [0, 0.1) is 11.7 Å². The summed E-state index contributed by atoms with van der Waals surface area (Å²) in [6.45, 7) is 0.625. The molecule has 2 nitrogen and oxygen atoms in total. The van der Waals surface area contributed by atoms with E-state index in [2.05, 4.69) is 21.2 Å². The van der Waals surface area contributed by atoms with E-state index in [-0.39, 0.29) is 11.9 Å². The summed E-state index contributed by atoms with van der Waals surface area (Å²) in [7, 11) is 1.68. The SMILES string of the molecule is COCC(Nc1ccc(Br)cc1F)C1CC1. The molecule has 1 aliphatic carbocycles. The number of benzene rings is 1. The fourth-order valence-electron chi connectivity index (χ4n) is 1.78. The Morgan fingerprint density at radius 1 is 1.56 bits per heavy atom. The second-order valence-electron chi connectivity index (χ2n) is 4.17. The minimum atomic E-state index is -0.226. The Kier molecular flexibility index (Phi) is 3.82. The molecule has 1 unspecified atom stereocenters. The summed E-state index contributed by atoms with van der Waals surface area (Å²) >= 11 is 3.24. The van der Waals surface area contributed by atoms with Crippen LogP contribution in [0.3, 0.4) is 0 Å². The fourth-order valence-corrected chi connectivity index (χ4v) is 2.11. The predicted octanol–water partition coefficient (Wildman–Crippen LogP) is 3.43. The average molecular weight is 288 g/mol. The molecular weight excluding hydrogens is 273 g/mol. The number of methoxy groups -OCH3 is 1. The lowest BCUT2D eigenvalue weighted by Gasteiger charge is -2.19. The normalized spacial score (nSPS) is 17.2. The highest BCUT2D eigenvalue weighted by Gasteiger charge is 2.31. The van der Waals surface area contributed by atoms with Crippen LogP contribution in [0.4, 0.5) is 10.1 Å². The molecule has 1 aromatic rings. The standard InChI is InChI=1S/C12H15BrFNO/c1-16-7-12(8-2-3-8)15-11-5-4-9(13)6-10(11)14/h4-6,8,12,15H,2-3,7H2,1H3. The van der Waals surface area contributed by atoms with Gasteiger partial charge in [-0.2, -0.15) is 0 Å². The van der Waals surface area contributed by atoms with Crippen molar-refractivity contribution in [2.75, 3.05) is 19.0 Å². The lowest BCUT2D eigenvalue weighted by Crippen LogP contribution is -2.27. The Hall–Kier alpha value is -0.610. The van der Waals surface area contributed by atoms with Gasteiger partial charge < -0.3 is 10.1 Å². The van der Waals surface area contributed by atoms with Crippen molar-refractivity contribution in [1.82, 2.24) is 0 Å². The van der Waals surface area contributed by atoms with Gasteiger partial charge in [0, 0.05) is 11.6 Å². The van der Waals surface area contributed by atoms with E-state index in [4.69, 9.17) is 4.74 Å². The van der Waals surface area contributed by atoms with Crippen molar-refractivity contribution < 1.29 is 9.13 Å². The summed E-state index contributed by atoms with van der Waals surface area (Å²) in [4.78, 5) is 0. The molecule has 1 atom stereocenters. The molecule has 0 radical (unpaired) electrons. The molecule has 88 valence electrons. The van der Waals surface area contributed by atoms with Gasteiger partial charge in [0.15, 0.2) is 0 Å². The maximum absolute atomic E-state index is 13.6. The van der Waals surface area contributed by atoms with Crippen molar-refractivity contribution in [1.29, 1.82) is 0 Å². The second-order valence-corrected chi connectivity index (χ2v) is 5.08. The highest BCUT2D eigenvalue weighted by Crippen LogP contribution is 2.35. The Labute approximate surface area is 103 Å². The van der Waals surface area contributed by atoms with Crippen LogP contribution in [0.15, 0.2) is 22.7 Å². The Morgan fingerprint density at radius 3 is 2.88 bits per heavy atom. The molecule has 1 aliphatic rings. The zero-order valence-corrected chi connectivity index (χ0v) is 10.8. The van der Waals surface area contributed by atoms with Gasteiger partial charge in [-0.1, -0.05) is 15.9 Å². The van der Waals surface area contributed by atoms with Crippen molar-refractivity contribution in [3.05, 3.63) is 28.5 Å². The molecule has 1 fully saturated rings. The van der Waals surface area contributed by atoms with Gasteiger partial charge in [0.1, 0.15) is 5.82 Å². The number of rotatable bonds is 5. The molecule has 0 saturated heterocycles. The maximum atomic E-state index is 13.6. The molecular formula is C12H15BrFNO. The molecule has 1 N–H and O–H groups in total. The van der Waals surface area contributed by atoms with E-state index in [1.54, 1.807) is 13.2 Å². The monoisotopic (exact) mass is 287 g/mol. The summed E-state index contributed by atoms with van der Waals surface area (Å²) in [6, 6.07) is 5.28.